The summed E-state index contributed by atoms with van der Waals surface area (Å²) in [5.41, 5.74) is 1.08. The Morgan fingerprint density at radius 1 is 1.27 bits per heavy atom. The maximum absolute atomic E-state index is 12.7. The van der Waals surface area contributed by atoms with Gasteiger partial charge in [-0.3, -0.25) is 14.6 Å². The molecule has 0 spiro atoms. The first-order chi connectivity index (χ1) is 10.7. The van der Waals surface area contributed by atoms with Crippen LogP contribution in [0.2, 0.25) is 5.02 Å². The number of nitrogens with zero attached hydrogens (tertiary/aromatic N) is 2. The minimum absolute atomic E-state index is 0.225. The first-order valence-corrected chi connectivity index (χ1v) is 7.29. The molecule has 1 atom stereocenters. The van der Waals surface area contributed by atoms with Gasteiger partial charge in [0.15, 0.2) is 0 Å². The lowest BCUT2D eigenvalue weighted by Crippen LogP contribution is -2.52. The van der Waals surface area contributed by atoms with E-state index in [1.165, 1.54) is 11.1 Å². The van der Waals surface area contributed by atoms with Crippen molar-refractivity contribution in [2.75, 3.05) is 13.1 Å². The molecule has 1 aromatic heterocycles. The summed E-state index contributed by atoms with van der Waals surface area (Å²) < 4.78 is 0. The average Bonchev–Trinajstić information content (AvgIpc) is 2.56. The lowest BCUT2D eigenvalue weighted by atomic mass is 10.0. The summed E-state index contributed by atoms with van der Waals surface area (Å²) in [6, 6.07) is 9.73. The largest absolute Gasteiger partial charge is 0.352 e. The van der Waals surface area contributed by atoms with E-state index in [1.54, 1.807) is 42.6 Å². The molecule has 0 saturated carbocycles. The molecule has 1 aliphatic rings. The van der Waals surface area contributed by atoms with Crippen molar-refractivity contribution in [1.29, 1.82) is 0 Å². The van der Waals surface area contributed by atoms with Crippen LogP contribution in [0.5, 0.6) is 0 Å². The lowest BCUT2D eigenvalue weighted by molar-refractivity contribution is -0.128. The van der Waals surface area contributed by atoms with E-state index >= 15 is 0 Å². The van der Waals surface area contributed by atoms with Crippen LogP contribution in [0, 0.1) is 0 Å². The van der Waals surface area contributed by atoms with Gasteiger partial charge in [-0.1, -0.05) is 29.8 Å². The third-order valence-corrected chi connectivity index (χ3v) is 3.93. The second-order valence-corrected chi connectivity index (χ2v) is 5.36. The Labute approximate surface area is 132 Å². The van der Waals surface area contributed by atoms with Gasteiger partial charge < -0.3 is 10.2 Å². The van der Waals surface area contributed by atoms with Crippen molar-refractivity contribution in [3.8, 4) is 0 Å². The standard InChI is InChI=1S/C16H14ClN3O2/c17-13-6-2-1-5-12(13)14-15(21)19-8-9-20(14)16(22)11-4-3-7-18-10-11/h1-7,10,14H,8-9H2,(H,19,21). The second kappa shape index (κ2) is 6.15. The smallest absolute Gasteiger partial charge is 0.256 e. The Kier molecular flexibility index (Phi) is 4.06. The van der Waals surface area contributed by atoms with Crippen LogP contribution in [-0.2, 0) is 4.79 Å². The van der Waals surface area contributed by atoms with Gasteiger partial charge in [-0.05, 0) is 18.2 Å². The maximum Gasteiger partial charge on any atom is 0.256 e. The van der Waals surface area contributed by atoms with Crippen LogP contribution in [-0.4, -0.2) is 34.8 Å². The highest BCUT2D eigenvalue weighted by molar-refractivity contribution is 6.31. The Hall–Kier alpha value is -2.40. The van der Waals surface area contributed by atoms with Gasteiger partial charge in [-0.25, -0.2) is 0 Å². The first kappa shape index (κ1) is 14.5. The topological polar surface area (TPSA) is 62.3 Å². The van der Waals surface area contributed by atoms with E-state index in [2.05, 4.69) is 10.3 Å². The summed E-state index contributed by atoms with van der Waals surface area (Å²) in [7, 11) is 0. The molecule has 0 radical (unpaired) electrons. The molecule has 3 rings (SSSR count). The summed E-state index contributed by atoms with van der Waals surface area (Å²) >= 11 is 6.21. The number of hydrogen-bond donors (Lipinski definition) is 1. The van der Waals surface area contributed by atoms with Crippen LogP contribution in [0.1, 0.15) is 22.0 Å². The summed E-state index contributed by atoms with van der Waals surface area (Å²) in [4.78, 5) is 30.5. The van der Waals surface area contributed by atoms with Crippen molar-refractivity contribution in [2.45, 2.75) is 6.04 Å². The van der Waals surface area contributed by atoms with Gasteiger partial charge in [0.2, 0.25) is 5.91 Å². The van der Waals surface area contributed by atoms with E-state index in [9.17, 15) is 9.59 Å². The number of pyridine rings is 1. The van der Waals surface area contributed by atoms with Gasteiger partial charge >= 0.3 is 0 Å². The number of benzene rings is 1. The normalized spacial score (nSPS) is 18.0. The highest BCUT2D eigenvalue weighted by Crippen LogP contribution is 2.30. The molecule has 1 aliphatic heterocycles. The molecule has 2 aromatic rings. The molecule has 1 saturated heterocycles. The molecule has 0 bridgehead atoms. The molecule has 5 nitrogen and oxygen atoms in total. The third kappa shape index (κ3) is 2.67. The molecule has 6 heteroatoms. The number of piperazine rings is 1. The molecule has 1 N–H and O–H groups in total. The number of hydrogen-bond acceptors (Lipinski definition) is 3. The number of halogens is 1. The van der Waals surface area contributed by atoms with Crippen molar-refractivity contribution in [3.63, 3.8) is 0 Å². The Morgan fingerprint density at radius 3 is 2.82 bits per heavy atom. The van der Waals surface area contributed by atoms with Gasteiger partial charge in [0.1, 0.15) is 6.04 Å². The van der Waals surface area contributed by atoms with Gasteiger partial charge in [-0.15, -0.1) is 0 Å². The lowest BCUT2D eigenvalue weighted by Gasteiger charge is -2.35. The average molecular weight is 316 g/mol. The van der Waals surface area contributed by atoms with E-state index in [4.69, 9.17) is 11.6 Å². The van der Waals surface area contributed by atoms with Gasteiger partial charge in [-0.2, -0.15) is 0 Å². The summed E-state index contributed by atoms with van der Waals surface area (Å²) in [6.07, 6.45) is 3.10. The first-order valence-electron chi connectivity index (χ1n) is 6.91. The molecular weight excluding hydrogens is 302 g/mol. The van der Waals surface area contributed by atoms with Crippen molar-refractivity contribution in [1.82, 2.24) is 15.2 Å². The number of aromatic nitrogens is 1. The van der Waals surface area contributed by atoms with E-state index in [1.807, 2.05) is 0 Å². The van der Waals surface area contributed by atoms with Gasteiger partial charge in [0, 0.05) is 36.1 Å². The molecule has 1 aromatic carbocycles. The Balaban J connectivity index is 1.99. The quantitative estimate of drug-likeness (QED) is 0.922. The predicted molar refractivity (Wildman–Crippen MR) is 82.5 cm³/mol. The number of rotatable bonds is 2. The molecule has 1 fully saturated rings. The zero-order valence-corrected chi connectivity index (χ0v) is 12.5. The molecule has 1 unspecified atom stereocenters. The van der Waals surface area contributed by atoms with E-state index in [0.717, 1.165) is 0 Å². The fourth-order valence-electron chi connectivity index (χ4n) is 2.55. The summed E-state index contributed by atoms with van der Waals surface area (Å²) in [5, 5.41) is 3.25. The minimum atomic E-state index is -0.727. The van der Waals surface area contributed by atoms with Crippen molar-refractivity contribution < 1.29 is 9.59 Å². The maximum atomic E-state index is 12.7. The van der Waals surface area contributed by atoms with Crippen molar-refractivity contribution >= 4 is 23.4 Å². The van der Waals surface area contributed by atoms with Gasteiger partial charge in [0.25, 0.3) is 5.91 Å². The van der Waals surface area contributed by atoms with Gasteiger partial charge in [0.05, 0.1) is 5.56 Å². The molecule has 2 amide bonds. The minimum Gasteiger partial charge on any atom is -0.352 e. The van der Waals surface area contributed by atoms with Crippen LogP contribution in [0.3, 0.4) is 0 Å². The molecule has 112 valence electrons. The van der Waals surface area contributed by atoms with Crippen LogP contribution < -0.4 is 5.32 Å². The summed E-state index contributed by atoms with van der Waals surface area (Å²) in [5.74, 6) is -0.454. The predicted octanol–water partition coefficient (Wildman–Crippen LogP) is 2.05. The van der Waals surface area contributed by atoms with Crippen molar-refractivity contribution in [2.24, 2.45) is 0 Å². The Bertz CT molecular complexity index is 706. The van der Waals surface area contributed by atoms with E-state index in [-0.39, 0.29) is 11.8 Å². The molecule has 22 heavy (non-hydrogen) atoms. The van der Waals surface area contributed by atoms with Crippen LogP contribution >= 0.6 is 11.6 Å². The molecular formula is C16H14ClN3O2. The number of amides is 2. The van der Waals surface area contributed by atoms with E-state index in [0.29, 0.717) is 29.2 Å². The van der Waals surface area contributed by atoms with Crippen LogP contribution in [0.25, 0.3) is 0 Å². The SMILES string of the molecule is O=C1NCCN(C(=O)c2cccnc2)C1c1ccccc1Cl. The fourth-order valence-corrected chi connectivity index (χ4v) is 2.79. The number of carbonyl (C=O) groups excluding carboxylic acids is 2. The number of nitrogens with one attached hydrogen (secondary N) is 1. The summed E-state index contributed by atoms with van der Waals surface area (Å²) in [6.45, 7) is 0.848. The van der Waals surface area contributed by atoms with E-state index < -0.39 is 6.04 Å². The highest BCUT2D eigenvalue weighted by atomic mass is 35.5. The van der Waals surface area contributed by atoms with Crippen LogP contribution in [0.4, 0.5) is 0 Å². The zero-order chi connectivity index (χ0) is 15.5. The highest BCUT2D eigenvalue weighted by Gasteiger charge is 2.35. The third-order valence-electron chi connectivity index (χ3n) is 3.58. The zero-order valence-electron chi connectivity index (χ0n) is 11.7. The van der Waals surface area contributed by atoms with Crippen LogP contribution in [0.15, 0.2) is 48.8 Å². The monoisotopic (exact) mass is 315 g/mol. The fraction of sp³-hybridized carbons (Fsp3) is 0.188. The molecule has 2 heterocycles. The second-order valence-electron chi connectivity index (χ2n) is 4.96. The molecule has 0 aliphatic carbocycles. The number of carbonyl (C=O) groups is 2. The Morgan fingerprint density at radius 2 is 2.09 bits per heavy atom. The van der Waals surface area contributed by atoms with Crippen molar-refractivity contribution in [3.05, 3.63) is 64.9 Å².